The molecule has 0 atom stereocenters. The van der Waals surface area contributed by atoms with Crippen LogP contribution in [0.2, 0.25) is 0 Å². The molecule has 1 heterocycles. The van der Waals surface area contributed by atoms with Gasteiger partial charge in [0.2, 0.25) is 0 Å². The van der Waals surface area contributed by atoms with Crippen LogP contribution >= 0.6 is 0 Å². The van der Waals surface area contributed by atoms with E-state index < -0.39 is 0 Å². The predicted molar refractivity (Wildman–Crippen MR) is 48.4 cm³/mol. The highest BCUT2D eigenvalue weighted by atomic mass is 16.1. The molecule has 0 N–H and O–H groups in total. The average molecular weight is 177 g/mol. The second-order valence-corrected chi connectivity index (χ2v) is 3.45. The van der Waals surface area contributed by atoms with Gasteiger partial charge in [0.1, 0.15) is 0 Å². The summed E-state index contributed by atoms with van der Waals surface area (Å²) in [6.45, 7) is 0.408. The minimum Gasteiger partial charge on any atom is -0.347 e. The van der Waals surface area contributed by atoms with Gasteiger partial charge in [-0.1, -0.05) is 0 Å². The smallest absolute Gasteiger partial charge is 0.181 e. The summed E-state index contributed by atoms with van der Waals surface area (Å²) >= 11 is 0. The summed E-state index contributed by atoms with van der Waals surface area (Å²) in [6, 6.07) is 2.94. The topological polar surface area (TPSA) is 39.1 Å². The number of rotatable bonds is 3. The fraction of sp³-hybridized carbons (Fsp3) is 0.400. The van der Waals surface area contributed by atoms with E-state index in [1.165, 1.54) is 12.1 Å². The number of aromatic nitrogens is 1. The lowest BCUT2D eigenvalue weighted by Crippen LogP contribution is -2.12. The van der Waals surface area contributed by atoms with Crippen LogP contribution in [0.15, 0.2) is 29.3 Å². The maximum absolute atomic E-state index is 11.4. The highest BCUT2D eigenvalue weighted by molar-refractivity contribution is 5.82. The quantitative estimate of drug-likeness (QED) is 0.685. The summed E-state index contributed by atoms with van der Waals surface area (Å²) in [5, 5.41) is 0. The van der Waals surface area contributed by atoms with Crippen molar-refractivity contribution in [1.29, 1.82) is 0 Å². The second-order valence-electron chi connectivity index (χ2n) is 3.45. The van der Waals surface area contributed by atoms with Crippen molar-refractivity contribution in [1.82, 2.24) is 4.57 Å². The van der Waals surface area contributed by atoms with Gasteiger partial charge < -0.3 is 4.57 Å². The first-order valence-electron chi connectivity index (χ1n) is 4.44. The Morgan fingerprint density at radius 2 is 2.00 bits per heavy atom. The van der Waals surface area contributed by atoms with Crippen LogP contribution in [0.4, 0.5) is 0 Å². The zero-order valence-electron chi connectivity index (χ0n) is 7.27. The van der Waals surface area contributed by atoms with Gasteiger partial charge in [0.15, 0.2) is 11.2 Å². The Labute approximate surface area is 76.0 Å². The Bertz CT molecular complexity index is 356. The molecule has 0 bridgehead atoms. The van der Waals surface area contributed by atoms with Crippen molar-refractivity contribution in [2.75, 3.05) is 0 Å². The third-order valence-electron chi connectivity index (χ3n) is 2.23. The predicted octanol–water partition coefficient (Wildman–Crippen LogP) is 0.827. The zero-order valence-corrected chi connectivity index (χ0v) is 7.27. The molecule has 1 fully saturated rings. The fourth-order valence-electron chi connectivity index (χ4n) is 1.26. The molecule has 0 spiro atoms. The maximum Gasteiger partial charge on any atom is 0.181 e. The minimum atomic E-state index is -0.0184. The van der Waals surface area contributed by atoms with Crippen LogP contribution in [0, 0.1) is 5.92 Å². The summed E-state index contributed by atoms with van der Waals surface area (Å²) < 4.78 is 1.75. The molecule has 13 heavy (non-hydrogen) atoms. The van der Waals surface area contributed by atoms with Crippen LogP contribution in [0.3, 0.4) is 0 Å². The van der Waals surface area contributed by atoms with E-state index in [2.05, 4.69) is 0 Å². The fourth-order valence-corrected chi connectivity index (χ4v) is 1.26. The lowest BCUT2D eigenvalue weighted by molar-refractivity contribution is -0.120. The van der Waals surface area contributed by atoms with Crippen LogP contribution in [0.1, 0.15) is 12.8 Å². The lowest BCUT2D eigenvalue weighted by atomic mass is 10.2. The maximum atomic E-state index is 11.4. The Morgan fingerprint density at radius 1 is 1.38 bits per heavy atom. The first-order chi connectivity index (χ1) is 6.25. The summed E-state index contributed by atoms with van der Waals surface area (Å²) in [4.78, 5) is 22.1. The van der Waals surface area contributed by atoms with E-state index in [0.29, 0.717) is 12.5 Å². The molecule has 1 aliphatic rings. The number of hydrogen-bond acceptors (Lipinski definition) is 2. The molecule has 0 amide bonds. The van der Waals surface area contributed by atoms with Gasteiger partial charge in [-0.05, 0) is 12.8 Å². The minimum absolute atomic E-state index is 0.0184. The number of nitrogens with zero attached hydrogens (tertiary/aromatic N) is 1. The van der Waals surface area contributed by atoms with E-state index in [0.717, 1.165) is 12.8 Å². The van der Waals surface area contributed by atoms with Crippen LogP contribution in [0.25, 0.3) is 0 Å². The van der Waals surface area contributed by atoms with E-state index in [4.69, 9.17) is 0 Å². The normalized spacial score (nSPS) is 15.7. The number of ketones is 1. The van der Waals surface area contributed by atoms with Crippen molar-refractivity contribution in [3.05, 3.63) is 34.7 Å². The second kappa shape index (κ2) is 3.17. The largest absolute Gasteiger partial charge is 0.347 e. The van der Waals surface area contributed by atoms with Crippen LogP contribution < -0.4 is 5.43 Å². The van der Waals surface area contributed by atoms with Gasteiger partial charge in [0.25, 0.3) is 0 Å². The van der Waals surface area contributed by atoms with Crippen LogP contribution in [0.5, 0.6) is 0 Å². The number of Topliss-reactive ketones (excluding diaryl/α,β-unsaturated/α-hetero) is 1. The number of hydrogen-bond donors (Lipinski definition) is 0. The first kappa shape index (κ1) is 8.23. The molecule has 0 radical (unpaired) electrons. The SMILES string of the molecule is O=C(Cn1ccc(=O)cc1)C1CC1. The first-order valence-corrected chi connectivity index (χ1v) is 4.44. The van der Waals surface area contributed by atoms with Crippen molar-refractivity contribution in [2.24, 2.45) is 5.92 Å². The molecule has 3 nitrogen and oxygen atoms in total. The third-order valence-corrected chi connectivity index (χ3v) is 2.23. The molecule has 0 aromatic carbocycles. The summed E-state index contributed by atoms with van der Waals surface area (Å²) in [5.74, 6) is 0.572. The number of carbonyl (C=O) groups excluding carboxylic acids is 1. The van der Waals surface area contributed by atoms with Crippen molar-refractivity contribution in [3.8, 4) is 0 Å². The highest BCUT2D eigenvalue weighted by Gasteiger charge is 2.28. The van der Waals surface area contributed by atoms with Crippen LogP contribution in [-0.2, 0) is 11.3 Å². The molecule has 2 rings (SSSR count). The molecule has 1 saturated carbocycles. The Hall–Kier alpha value is -1.38. The summed E-state index contributed by atoms with van der Waals surface area (Å²) in [7, 11) is 0. The van der Waals surface area contributed by atoms with Crippen molar-refractivity contribution in [3.63, 3.8) is 0 Å². The van der Waals surface area contributed by atoms with Crippen LogP contribution in [-0.4, -0.2) is 10.4 Å². The zero-order chi connectivity index (χ0) is 9.26. The average Bonchev–Trinajstić information content (AvgIpc) is 2.91. The van der Waals surface area contributed by atoms with Gasteiger partial charge in [-0.15, -0.1) is 0 Å². The van der Waals surface area contributed by atoms with Gasteiger partial charge in [0, 0.05) is 30.4 Å². The van der Waals surface area contributed by atoms with E-state index in [-0.39, 0.29) is 11.2 Å². The lowest BCUT2D eigenvalue weighted by Gasteiger charge is -2.02. The molecule has 0 unspecified atom stereocenters. The Kier molecular flexibility index (Phi) is 2.00. The standard InChI is InChI=1S/C10H11NO2/c12-9-3-5-11(6-4-9)7-10(13)8-1-2-8/h3-6,8H,1-2,7H2. The monoisotopic (exact) mass is 177 g/mol. The van der Waals surface area contributed by atoms with Crippen molar-refractivity contribution < 1.29 is 4.79 Å². The van der Waals surface area contributed by atoms with Crippen molar-refractivity contribution in [2.45, 2.75) is 19.4 Å². The van der Waals surface area contributed by atoms with E-state index in [1.807, 2.05) is 0 Å². The van der Waals surface area contributed by atoms with Crippen molar-refractivity contribution >= 4 is 5.78 Å². The Balaban J connectivity index is 2.04. The molecular weight excluding hydrogens is 166 g/mol. The van der Waals surface area contributed by atoms with Gasteiger partial charge in [0.05, 0.1) is 6.54 Å². The number of pyridine rings is 1. The van der Waals surface area contributed by atoms with Gasteiger partial charge in [-0.25, -0.2) is 0 Å². The number of carbonyl (C=O) groups is 1. The molecule has 0 saturated heterocycles. The van der Waals surface area contributed by atoms with Gasteiger partial charge in [-0.3, -0.25) is 9.59 Å². The molecular formula is C10H11NO2. The van der Waals surface area contributed by atoms with E-state index >= 15 is 0 Å². The molecule has 3 heteroatoms. The highest BCUT2D eigenvalue weighted by Crippen LogP contribution is 2.30. The molecule has 68 valence electrons. The van der Waals surface area contributed by atoms with Gasteiger partial charge in [-0.2, -0.15) is 0 Å². The van der Waals surface area contributed by atoms with E-state index in [1.54, 1.807) is 17.0 Å². The van der Waals surface area contributed by atoms with Gasteiger partial charge >= 0.3 is 0 Å². The van der Waals surface area contributed by atoms with E-state index in [9.17, 15) is 9.59 Å². The molecule has 1 aromatic rings. The molecule has 0 aliphatic heterocycles. The molecule has 1 aromatic heterocycles. The summed E-state index contributed by atoms with van der Waals surface area (Å²) in [6.07, 6.45) is 5.39. The third kappa shape index (κ3) is 2.05. The molecule has 1 aliphatic carbocycles. The summed E-state index contributed by atoms with van der Waals surface area (Å²) in [5.41, 5.74) is -0.0184. The Morgan fingerprint density at radius 3 is 2.54 bits per heavy atom.